The molecule has 4 rings (SSSR count). The summed E-state index contributed by atoms with van der Waals surface area (Å²) < 4.78 is 10.5. The van der Waals surface area contributed by atoms with Crippen LogP contribution in [-0.4, -0.2) is 49.0 Å². The zero-order chi connectivity index (χ0) is 21.1. The number of carbonyl (C=O) groups is 2. The van der Waals surface area contributed by atoms with E-state index in [4.69, 9.17) is 9.47 Å². The molecule has 7 heteroatoms. The van der Waals surface area contributed by atoms with Gasteiger partial charge in [-0.05, 0) is 48.6 Å². The average Bonchev–Trinajstić information content (AvgIpc) is 3.26. The molecule has 7 nitrogen and oxygen atoms in total. The van der Waals surface area contributed by atoms with Crippen LogP contribution in [0, 0.1) is 5.92 Å². The molecule has 30 heavy (non-hydrogen) atoms. The smallest absolute Gasteiger partial charge is 0.253 e. The summed E-state index contributed by atoms with van der Waals surface area (Å²) in [6, 6.07) is 12.9. The summed E-state index contributed by atoms with van der Waals surface area (Å²) in [5.41, 5.74) is 2.20. The zero-order valence-corrected chi connectivity index (χ0v) is 17.1. The van der Waals surface area contributed by atoms with E-state index < -0.39 is 0 Å². The fourth-order valence-electron chi connectivity index (χ4n) is 3.90. The summed E-state index contributed by atoms with van der Waals surface area (Å²) in [5, 5.41) is 4.01. The maximum Gasteiger partial charge on any atom is 0.253 e. The molecule has 2 N–H and O–H groups in total. The number of nitrogens with one attached hydrogen (secondary N) is 2. The number of H-pyrrole nitrogens is 1. The maximum atomic E-state index is 13.0. The molecule has 0 unspecified atom stereocenters. The van der Waals surface area contributed by atoms with Gasteiger partial charge in [0.25, 0.3) is 5.91 Å². The molecule has 1 aromatic heterocycles. The van der Waals surface area contributed by atoms with E-state index in [0.29, 0.717) is 35.8 Å². The van der Waals surface area contributed by atoms with Crippen molar-refractivity contribution in [3.05, 3.63) is 54.2 Å². The van der Waals surface area contributed by atoms with Crippen molar-refractivity contribution in [2.75, 3.05) is 32.6 Å². The number of benzene rings is 2. The SMILES string of the molecule is COc1ccc(NC(=O)[C@H]2CCCN(C(=O)c3ccc4cc[nH]c4c3)C2)cc1OC. The molecule has 2 amide bonds. The predicted octanol–water partition coefficient (Wildman–Crippen LogP) is 3.68. The van der Waals surface area contributed by atoms with Crippen molar-refractivity contribution in [1.82, 2.24) is 9.88 Å². The van der Waals surface area contributed by atoms with E-state index in [1.165, 1.54) is 0 Å². The predicted molar refractivity (Wildman–Crippen MR) is 115 cm³/mol. The highest BCUT2D eigenvalue weighted by Gasteiger charge is 2.29. The number of ether oxygens (including phenoxy) is 2. The van der Waals surface area contributed by atoms with Crippen LogP contribution in [0.2, 0.25) is 0 Å². The van der Waals surface area contributed by atoms with Gasteiger partial charge in [-0.2, -0.15) is 0 Å². The van der Waals surface area contributed by atoms with Crippen LogP contribution in [-0.2, 0) is 4.79 Å². The van der Waals surface area contributed by atoms with Gasteiger partial charge < -0.3 is 24.7 Å². The minimum Gasteiger partial charge on any atom is -0.493 e. The number of hydrogen-bond donors (Lipinski definition) is 2. The summed E-state index contributed by atoms with van der Waals surface area (Å²) in [5.74, 6) is 0.749. The maximum absolute atomic E-state index is 13.0. The van der Waals surface area contributed by atoms with E-state index in [0.717, 1.165) is 23.7 Å². The third kappa shape index (κ3) is 3.96. The molecule has 156 valence electrons. The van der Waals surface area contributed by atoms with E-state index in [1.54, 1.807) is 37.3 Å². The minimum atomic E-state index is -0.259. The first kappa shape index (κ1) is 19.8. The first-order valence-electron chi connectivity index (χ1n) is 9.98. The Morgan fingerprint density at radius 1 is 1.07 bits per heavy atom. The first-order chi connectivity index (χ1) is 14.6. The Bertz CT molecular complexity index is 1080. The quantitative estimate of drug-likeness (QED) is 0.676. The average molecular weight is 407 g/mol. The normalized spacial score (nSPS) is 16.3. The van der Waals surface area contributed by atoms with E-state index in [2.05, 4.69) is 10.3 Å². The van der Waals surface area contributed by atoms with Gasteiger partial charge in [-0.1, -0.05) is 6.07 Å². The van der Waals surface area contributed by atoms with Crippen LogP contribution in [0.3, 0.4) is 0 Å². The molecule has 0 radical (unpaired) electrons. The highest BCUT2D eigenvalue weighted by molar-refractivity contribution is 5.99. The number of aromatic amines is 1. The summed E-state index contributed by atoms with van der Waals surface area (Å²) in [6.45, 7) is 1.06. The number of rotatable bonds is 5. The number of amides is 2. The standard InChI is InChI=1S/C23H25N3O4/c1-29-20-8-7-18(13-21(20)30-2)25-22(27)17-4-3-11-26(14-17)23(28)16-6-5-15-9-10-24-19(15)12-16/h5-10,12-13,17,24H,3-4,11,14H2,1-2H3,(H,25,27)/t17-/m0/s1. The number of piperidine rings is 1. The molecule has 1 aliphatic heterocycles. The van der Waals surface area contributed by atoms with Gasteiger partial charge >= 0.3 is 0 Å². The number of nitrogens with zero attached hydrogens (tertiary/aromatic N) is 1. The van der Waals surface area contributed by atoms with Crippen LogP contribution in [0.15, 0.2) is 48.7 Å². The molecule has 0 aliphatic carbocycles. The monoisotopic (exact) mass is 407 g/mol. The summed E-state index contributed by atoms with van der Waals surface area (Å²) in [4.78, 5) is 30.7. The highest BCUT2D eigenvalue weighted by Crippen LogP contribution is 2.30. The van der Waals surface area contributed by atoms with Crippen molar-refractivity contribution in [1.29, 1.82) is 0 Å². The van der Waals surface area contributed by atoms with Crippen LogP contribution in [0.5, 0.6) is 11.5 Å². The summed E-state index contributed by atoms with van der Waals surface area (Å²) >= 11 is 0. The van der Waals surface area contributed by atoms with Gasteiger partial charge in [-0.3, -0.25) is 9.59 Å². The van der Waals surface area contributed by atoms with Crippen molar-refractivity contribution in [3.63, 3.8) is 0 Å². The molecule has 2 aromatic carbocycles. The Morgan fingerprint density at radius 3 is 2.70 bits per heavy atom. The fraction of sp³-hybridized carbons (Fsp3) is 0.304. The first-order valence-corrected chi connectivity index (χ1v) is 9.98. The number of fused-ring (bicyclic) bond motifs is 1. The summed E-state index contributed by atoms with van der Waals surface area (Å²) in [7, 11) is 3.12. The Morgan fingerprint density at radius 2 is 1.90 bits per heavy atom. The number of hydrogen-bond acceptors (Lipinski definition) is 4. The molecular weight excluding hydrogens is 382 g/mol. The van der Waals surface area contributed by atoms with E-state index in [-0.39, 0.29) is 17.7 Å². The fourth-order valence-corrected chi connectivity index (χ4v) is 3.90. The lowest BCUT2D eigenvalue weighted by atomic mass is 9.96. The van der Waals surface area contributed by atoms with Gasteiger partial charge in [0.2, 0.25) is 5.91 Å². The molecule has 0 saturated carbocycles. The van der Waals surface area contributed by atoms with Gasteiger partial charge in [0.05, 0.1) is 20.1 Å². The molecular formula is C23H25N3O4. The lowest BCUT2D eigenvalue weighted by Gasteiger charge is -2.32. The number of anilines is 1. The third-order valence-electron chi connectivity index (χ3n) is 5.53. The van der Waals surface area contributed by atoms with Crippen molar-refractivity contribution >= 4 is 28.4 Å². The van der Waals surface area contributed by atoms with Crippen molar-refractivity contribution in [2.45, 2.75) is 12.8 Å². The molecule has 1 aliphatic rings. The number of methoxy groups -OCH3 is 2. The Balaban J connectivity index is 1.44. The topological polar surface area (TPSA) is 83.7 Å². The Hall–Kier alpha value is -3.48. The Kier molecular flexibility index (Phi) is 5.61. The summed E-state index contributed by atoms with van der Waals surface area (Å²) in [6.07, 6.45) is 3.40. The molecule has 1 saturated heterocycles. The second-order valence-corrected chi connectivity index (χ2v) is 7.43. The van der Waals surface area contributed by atoms with Crippen LogP contribution < -0.4 is 14.8 Å². The minimum absolute atomic E-state index is 0.0462. The second-order valence-electron chi connectivity index (χ2n) is 7.43. The van der Waals surface area contributed by atoms with Gasteiger partial charge in [0, 0.05) is 42.1 Å². The van der Waals surface area contributed by atoms with Crippen LogP contribution >= 0.6 is 0 Å². The molecule has 0 spiro atoms. The van der Waals surface area contributed by atoms with Crippen molar-refractivity contribution in [2.24, 2.45) is 5.92 Å². The van der Waals surface area contributed by atoms with Crippen molar-refractivity contribution in [3.8, 4) is 11.5 Å². The van der Waals surface area contributed by atoms with E-state index in [9.17, 15) is 9.59 Å². The van der Waals surface area contributed by atoms with Crippen molar-refractivity contribution < 1.29 is 19.1 Å². The second kappa shape index (κ2) is 8.49. The van der Waals surface area contributed by atoms with Gasteiger partial charge in [-0.15, -0.1) is 0 Å². The zero-order valence-electron chi connectivity index (χ0n) is 17.1. The number of aromatic nitrogens is 1. The number of likely N-dealkylation sites (tertiary alicyclic amines) is 1. The largest absolute Gasteiger partial charge is 0.493 e. The molecule has 0 bridgehead atoms. The molecule has 2 heterocycles. The lowest BCUT2D eigenvalue weighted by molar-refractivity contribution is -0.121. The highest BCUT2D eigenvalue weighted by atomic mass is 16.5. The number of carbonyl (C=O) groups excluding carboxylic acids is 2. The van der Waals surface area contributed by atoms with Gasteiger partial charge in [0.15, 0.2) is 11.5 Å². The molecule has 1 atom stereocenters. The van der Waals surface area contributed by atoms with Gasteiger partial charge in [-0.25, -0.2) is 0 Å². The van der Waals surface area contributed by atoms with E-state index in [1.807, 2.05) is 30.5 Å². The van der Waals surface area contributed by atoms with Crippen LogP contribution in [0.25, 0.3) is 10.9 Å². The van der Waals surface area contributed by atoms with Gasteiger partial charge in [0.1, 0.15) is 0 Å². The molecule has 3 aromatic rings. The Labute approximate surface area is 175 Å². The molecule has 1 fully saturated rings. The third-order valence-corrected chi connectivity index (χ3v) is 5.53. The van der Waals surface area contributed by atoms with Crippen LogP contribution in [0.1, 0.15) is 23.2 Å². The van der Waals surface area contributed by atoms with Crippen LogP contribution in [0.4, 0.5) is 5.69 Å². The lowest BCUT2D eigenvalue weighted by Crippen LogP contribution is -2.43. The van der Waals surface area contributed by atoms with E-state index >= 15 is 0 Å².